The predicted octanol–water partition coefficient (Wildman–Crippen LogP) is 4.36. The van der Waals surface area contributed by atoms with Gasteiger partial charge in [0.1, 0.15) is 10.6 Å². The van der Waals surface area contributed by atoms with Gasteiger partial charge in [0.05, 0.1) is 5.39 Å². The summed E-state index contributed by atoms with van der Waals surface area (Å²) in [5, 5.41) is 12.0. The van der Waals surface area contributed by atoms with Crippen LogP contribution in [0.15, 0.2) is 22.9 Å². The molecule has 0 aliphatic rings. The minimum Gasteiger partial charge on any atom is -0.365 e. The fraction of sp³-hybridized carbons (Fsp3) is 0.333. The molecule has 0 spiro atoms. The Bertz CT molecular complexity index is 719. The molecule has 0 aromatic carbocycles. The standard InChI is InChI=1S/C15H18N4S2/c1-3-11-7-12-13(17-8-10-5-6-20-9-10)18-15(16-4-2)19-14(12)21-11/h5-7,9H,3-4,8H2,1-2H3,(H2,16,17,18,19). The van der Waals surface area contributed by atoms with Gasteiger partial charge in [0, 0.05) is 18.0 Å². The van der Waals surface area contributed by atoms with Crippen LogP contribution in [-0.2, 0) is 13.0 Å². The molecule has 0 amide bonds. The van der Waals surface area contributed by atoms with E-state index in [4.69, 9.17) is 0 Å². The van der Waals surface area contributed by atoms with E-state index >= 15 is 0 Å². The smallest absolute Gasteiger partial charge is 0.226 e. The molecule has 0 saturated carbocycles. The van der Waals surface area contributed by atoms with Crippen molar-refractivity contribution in [3.8, 4) is 0 Å². The normalized spacial score (nSPS) is 11.0. The average molecular weight is 318 g/mol. The quantitative estimate of drug-likeness (QED) is 0.709. The SMILES string of the molecule is CCNc1nc(NCc2ccsc2)c2cc(CC)sc2n1. The minimum atomic E-state index is 0.697. The van der Waals surface area contributed by atoms with Crippen molar-refractivity contribution in [2.75, 3.05) is 17.2 Å². The van der Waals surface area contributed by atoms with Crippen molar-refractivity contribution in [2.45, 2.75) is 26.8 Å². The topological polar surface area (TPSA) is 49.8 Å². The van der Waals surface area contributed by atoms with E-state index in [0.717, 1.165) is 35.5 Å². The molecule has 3 rings (SSSR count). The first-order chi connectivity index (χ1) is 10.3. The summed E-state index contributed by atoms with van der Waals surface area (Å²) in [5.74, 6) is 1.61. The summed E-state index contributed by atoms with van der Waals surface area (Å²) in [5.41, 5.74) is 1.28. The number of aryl methyl sites for hydroxylation is 1. The molecule has 3 aromatic heterocycles. The molecule has 2 N–H and O–H groups in total. The number of hydrogen-bond acceptors (Lipinski definition) is 6. The maximum Gasteiger partial charge on any atom is 0.226 e. The van der Waals surface area contributed by atoms with Gasteiger partial charge in [-0.05, 0) is 41.8 Å². The molecule has 0 radical (unpaired) electrons. The third kappa shape index (κ3) is 3.16. The predicted molar refractivity (Wildman–Crippen MR) is 92.6 cm³/mol. The third-order valence-electron chi connectivity index (χ3n) is 3.17. The molecule has 3 aromatic rings. The molecular weight excluding hydrogens is 300 g/mol. The van der Waals surface area contributed by atoms with Crippen molar-refractivity contribution < 1.29 is 0 Å². The van der Waals surface area contributed by atoms with Gasteiger partial charge in [-0.1, -0.05) is 6.92 Å². The number of thiophene rings is 2. The molecule has 4 nitrogen and oxygen atoms in total. The van der Waals surface area contributed by atoms with E-state index in [9.17, 15) is 0 Å². The first kappa shape index (κ1) is 14.3. The zero-order chi connectivity index (χ0) is 14.7. The molecule has 0 aliphatic carbocycles. The summed E-state index contributed by atoms with van der Waals surface area (Å²) in [7, 11) is 0. The third-order valence-corrected chi connectivity index (χ3v) is 5.07. The molecule has 0 saturated heterocycles. The van der Waals surface area contributed by atoms with Crippen molar-refractivity contribution >= 4 is 44.7 Å². The number of anilines is 2. The van der Waals surface area contributed by atoms with Crippen LogP contribution in [0.3, 0.4) is 0 Å². The van der Waals surface area contributed by atoms with Crippen LogP contribution in [0.1, 0.15) is 24.3 Å². The van der Waals surface area contributed by atoms with Gasteiger partial charge in [-0.15, -0.1) is 11.3 Å². The molecule has 0 atom stereocenters. The van der Waals surface area contributed by atoms with Gasteiger partial charge in [-0.25, -0.2) is 4.98 Å². The fourth-order valence-electron chi connectivity index (χ4n) is 2.10. The molecule has 110 valence electrons. The summed E-state index contributed by atoms with van der Waals surface area (Å²) in [6.45, 7) is 5.83. The Morgan fingerprint density at radius 2 is 2.10 bits per heavy atom. The van der Waals surface area contributed by atoms with Crippen LogP contribution < -0.4 is 10.6 Å². The summed E-state index contributed by atoms with van der Waals surface area (Å²) < 4.78 is 0. The molecule has 0 fully saturated rings. The molecule has 0 unspecified atom stereocenters. The van der Waals surface area contributed by atoms with E-state index < -0.39 is 0 Å². The number of hydrogen-bond donors (Lipinski definition) is 2. The van der Waals surface area contributed by atoms with Crippen LogP contribution in [0.4, 0.5) is 11.8 Å². The lowest BCUT2D eigenvalue weighted by molar-refractivity contribution is 1.08. The van der Waals surface area contributed by atoms with Crippen LogP contribution >= 0.6 is 22.7 Å². The van der Waals surface area contributed by atoms with Crippen molar-refractivity contribution in [2.24, 2.45) is 0 Å². The molecule has 0 bridgehead atoms. The van der Waals surface area contributed by atoms with E-state index in [1.165, 1.54) is 10.4 Å². The largest absolute Gasteiger partial charge is 0.365 e. The summed E-state index contributed by atoms with van der Waals surface area (Å²) in [6, 6.07) is 4.33. The minimum absolute atomic E-state index is 0.697. The highest BCUT2D eigenvalue weighted by Crippen LogP contribution is 2.30. The van der Waals surface area contributed by atoms with Crippen LogP contribution in [0.2, 0.25) is 0 Å². The number of fused-ring (bicyclic) bond motifs is 1. The van der Waals surface area contributed by atoms with Gasteiger partial charge in [0.2, 0.25) is 5.95 Å². The maximum atomic E-state index is 4.61. The average Bonchev–Trinajstić information content (AvgIpc) is 3.14. The Balaban J connectivity index is 1.94. The second-order valence-corrected chi connectivity index (χ2v) is 6.59. The summed E-state index contributed by atoms with van der Waals surface area (Å²) in [4.78, 5) is 11.6. The van der Waals surface area contributed by atoms with Crippen molar-refractivity contribution in [3.05, 3.63) is 33.3 Å². The number of aromatic nitrogens is 2. The molecule has 3 heterocycles. The first-order valence-electron chi connectivity index (χ1n) is 7.09. The van der Waals surface area contributed by atoms with E-state index in [2.05, 4.69) is 57.3 Å². The lowest BCUT2D eigenvalue weighted by atomic mass is 10.3. The van der Waals surface area contributed by atoms with Crippen LogP contribution in [0.25, 0.3) is 10.2 Å². The molecule has 0 aliphatic heterocycles. The Morgan fingerprint density at radius 3 is 2.81 bits per heavy atom. The lowest BCUT2D eigenvalue weighted by Crippen LogP contribution is -2.06. The highest BCUT2D eigenvalue weighted by atomic mass is 32.1. The van der Waals surface area contributed by atoms with E-state index in [1.54, 1.807) is 22.7 Å². The Hall–Kier alpha value is -1.66. The van der Waals surface area contributed by atoms with Gasteiger partial charge in [0.25, 0.3) is 0 Å². The second kappa shape index (κ2) is 6.41. The first-order valence-corrected chi connectivity index (χ1v) is 8.85. The van der Waals surface area contributed by atoms with Crippen LogP contribution in [-0.4, -0.2) is 16.5 Å². The zero-order valence-electron chi connectivity index (χ0n) is 12.1. The molecular formula is C15H18N4S2. The van der Waals surface area contributed by atoms with Gasteiger partial charge in [-0.3, -0.25) is 0 Å². The van der Waals surface area contributed by atoms with E-state index in [-0.39, 0.29) is 0 Å². The summed E-state index contributed by atoms with van der Waals surface area (Å²) >= 11 is 3.46. The van der Waals surface area contributed by atoms with E-state index in [0.29, 0.717) is 5.95 Å². The number of rotatable bonds is 6. The highest BCUT2D eigenvalue weighted by molar-refractivity contribution is 7.18. The monoisotopic (exact) mass is 318 g/mol. The highest BCUT2D eigenvalue weighted by Gasteiger charge is 2.11. The van der Waals surface area contributed by atoms with Gasteiger partial charge >= 0.3 is 0 Å². The number of nitrogens with one attached hydrogen (secondary N) is 2. The van der Waals surface area contributed by atoms with Crippen LogP contribution in [0, 0.1) is 0 Å². The molecule has 21 heavy (non-hydrogen) atoms. The fourth-order valence-corrected chi connectivity index (χ4v) is 3.73. The van der Waals surface area contributed by atoms with Crippen LogP contribution in [0.5, 0.6) is 0 Å². The van der Waals surface area contributed by atoms with Crippen molar-refractivity contribution in [1.82, 2.24) is 9.97 Å². The van der Waals surface area contributed by atoms with Crippen molar-refractivity contribution in [1.29, 1.82) is 0 Å². The van der Waals surface area contributed by atoms with Gasteiger partial charge < -0.3 is 10.6 Å². The Morgan fingerprint density at radius 1 is 1.19 bits per heavy atom. The summed E-state index contributed by atoms with van der Waals surface area (Å²) in [6.07, 6.45) is 1.03. The van der Waals surface area contributed by atoms with Gasteiger partial charge in [0.15, 0.2) is 0 Å². The van der Waals surface area contributed by atoms with Crippen molar-refractivity contribution in [3.63, 3.8) is 0 Å². The second-order valence-electron chi connectivity index (χ2n) is 4.70. The Kier molecular flexibility index (Phi) is 4.36. The van der Waals surface area contributed by atoms with Gasteiger partial charge in [-0.2, -0.15) is 16.3 Å². The van der Waals surface area contributed by atoms with E-state index in [1.807, 2.05) is 0 Å². The zero-order valence-corrected chi connectivity index (χ0v) is 13.8. The Labute approximate surface area is 132 Å². The number of nitrogens with zero attached hydrogens (tertiary/aromatic N) is 2. The lowest BCUT2D eigenvalue weighted by Gasteiger charge is -2.08. The molecule has 6 heteroatoms. The maximum absolute atomic E-state index is 4.61.